The van der Waals surface area contributed by atoms with Gasteiger partial charge in [0.15, 0.2) is 0 Å². The second-order valence-electron chi connectivity index (χ2n) is 15.2. The summed E-state index contributed by atoms with van der Waals surface area (Å²) < 4.78 is 0. The van der Waals surface area contributed by atoms with Crippen LogP contribution in [0, 0.1) is 0 Å². The molecular weight excluding hydrogens is 731 g/mol. The van der Waals surface area contributed by atoms with Gasteiger partial charge in [0.05, 0.1) is 0 Å². The van der Waals surface area contributed by atoms with Crippen molar-refractivity contribution in [3.8, 4) is 22.3 Å². The maximum atomic E-state index is 4.93. The van der Waals surface area contributed by atoms with Crippen LogP contribution in [0.1, 0.15) is 103 Å². The standard InChI is InChI=1S/2C22H25.CH3Si.2ClH.Zr/c2*1-15(2)18-13-17-7-6-8-20(21(17)14-18)16-9-11-19(12-10-16)22(3,4)5;1-2;;;/h2*6-15H,1-5H3;1H3;2*1H;/q2*-1;;;;+4/p-2. The molecule has 0 heterocycles. The van der Waals surface area contributed by atoms with Crippen molar-refractivity contribution in [2.24, 2.45) is 0 Å². The fourth-order valence-corrected chi connectivity index (χ4v) is 5.99. The summed E-state index contributed by atoms with van der Waals surface area (Å²) in [6, 6.07) is 40.7. The third-order valence-electron chi connectivity index (χ3n) is 9.00. The van der Waals surface area contributed by atoms with Crippen molar-refractivity contribution in [2.45, 2.75) is 98.5 Å². The van der Waals surface area contributed by atoms with Crippen LogP contribution in [0.5, 0.6) is 0 Å². The first-order valence-corrected chi connectivity index (χ1v) is 24.5. The van der Waals surface area contributed by atoms with Gasteiger partial charge in [-0.05, 0) is 44.9 Å². The van der Waals surface area contributed by atoms with Crippen LogP contribution in [0.15, 0.2) is 109 Å². The molecule has 4 heteroatoms. The molecule has 0 nitrogen and oxygen atoms in total. The van der Waals surface area contributed by atoms with E-state index >= 15 is 0 Å². The molecule has 0 atom stereocenters. The first-order valence-electron chi connectivity index (χ1n) is 17.2. The van der Waals surface area contributed by atoms with Gasteiger partial charge in [0, 0.05) is 10.2 Å². The van der Waals surface area contributed by atoms with E-state index in [0.717, 1.165) is 0 Å². The summed E-state index contributed by atoms with van der Waals surface area (Å²) >= 11 is -0.826. The Kier molecular flexibility index (Phi) is 15.4. The van der Waals surface area contributed by atoms with Gasteiger partial charge >= 0.3 is 37.9 Å². The molecule has 0 bridgehead atoms. The topological polar surface area (TPSA) is 0 Å². The Morgan fingerprint density at radius 1 is 0.531 bits per heavy atom. The fourth-order valence-electron chi connectivity index (χ4n) is 5.99. The summed E-state index contributed by atoms with van der Waals surface area (Å²) in [6.07, 6.45) is 0. The zero-order valence-corrected chi connectivity index (χ0v) is 36.3. The van der Waals surface area contributed by atoms with Crippen molar-refractivity contribution in [2.75, 3.05) is 0 Å². The zero-order valence-electron chi connectivity index (χ0n) is 31.3. The van der Waals surface area contributed by atoms with Gasteiger partial charge in [-0.1, -0.05) is 148 Å². The molecule has 0 amide bonds. The number of halogens is 2. The number of fused-ring (bicyclic) bond motifs is 2. The molecule has 0 aliphatic carbocycles. The summed E-state index contributed by atoms with van der Waals surface area (Å²) in [7, 11) is 12.8. The summed E-state index contributed by atoms with van der Waals surface area (Å²) in [6.45, 7) is 24.4. The van der Waals surface area contributed by atoms with Crippen molar-refractivity contribution in [3.63, 3.8) is 0 Å². The van der Waals surface area contributed by atoms with E-state index in [1.165, 1.54) is 66.1 Å². The molecule has 0 fully saturated rings. The SMILES string of the molecule is CC(C)c1cc2c(-c3ccc(C(C)(C)C)cc3)cccc2[cH-]1.CC(C)c1cc2c(-c3ccc(C(C)(C)C)cc3)cccc2[cH-]1.C[Si].[Cl][Zr+2][Cl]. The number of rotatable bonds is 4. The number of hydrogen-bond acceptors (Lipinski definition) is 0. The van der Waals surface area contributed by atoms with Crippen molar-refractivity contribution in [1.82, 2.24) is 0 Å². The third-order valence-corrected chi connectivity index (χ3v) is 9.00. The molecule has 0 aliphatic heterocycles. The second-order valence-corrected chi connectivity index (χ2v) is 19.0. The number of benzene rings is 4. The molecule has 0 N–H and O–H groups in total. The molecule has 0 spiro atoms. The fraction of sp³-hybridized carbons (Fsp3) is 0.333. The van der Waals surface area contributed by atoms with Gasteiger partial charge in [0.1, 0.15) is 0 Å². The van der Waals surface area contributed by atoms with Crippen LogP contribution in [0.2, 0.25) is 6.55 Å². The molecule has 6 rings (SSSR count). The van der Waals surface area contributed by atoms with Crippen molar-refractivity contribution < 1.29 is 20.8 Å². The molecular formula is C45H53Cl2SiZr. The van der Waals surface area contributed by atoms with Gasteiger partial charge in [-0.25, -0.2) is 0 Å². The van der Waals surface area contributed by atoms with Crippen LogP contribution < -0.4 is 0 Å². The average Bonchev–Trinajstić information content (AvgIpc) is 3.71. The zero-order chi connectivity index (χ0) is 36.5. The van der Waals surface area contributed by atoms with E-state index in [4.69, 9.17) is 17.0 Å². The van der Waals surface area contributed by atoms with E-state index in [0.29, 0.717) is 11.8 Å². The monoisotopic (exact) mass is 781 g/mol. The average molecular weight is 784 g/mol. The van der Waals surface area contributed by atoms with Crippen LogP contribution in [-0.4, -0.2) is 10.2 Å². The summed E-state index contributed by atoms with van der Waals surface area (Å²) in [5.74, 6) is 1.15. The molecule has 3 radical (unpaired) electrons. The van der Waals surface area contributed by atoms with Crippen LogP contribution in [0.4, 0.5) is 0 Å². The van der Waals surface area contributed by atoms with E-state index in [1.807, 2.05) is 0 Å². The van der Waals surface area contributed by atoms with Crippen LogP contribution in [-0.2, 0) is 31.7 Å². The summed E-state index contributed by atoms with van der Waals surface area (Å²) in [5, 5.41) is 5.44. The van der Waals surface area contributed by atoms with Gasteiger partial charge < -0.3 is 0 Å². The predicted octanol–water partition coefficient (Wildman–Crippen LogP) is 14.9. The Morgan fingerprint density at radius 3 is 1.10 bits per heavy atom. The van der Waals surface area contributed by atoms with Gasteiger partial charge in [-0.2, -0.15) is 12.1 Å². The Morgan fingerprint density at radius 2 is 0.837 bits per heavy atom. The van der Waals surface area contributed by atoms with Crippen molar-refractivity contribution in [3.05, 3.63) is 131 Å². The summed E-state index contributed by atoms with van der Waals surface area (Å²) in [4.78, 5) is 0. The van der Waals surface area contributed by atoms with Gasteiger partial charge in [-0.3, -0.25) is 0 Å². The Balaban J connectivity index is 0.000000235. The molecule has 0 saturated carbocycles. The molecule has 255 valence electrons. The molecule has 0 aliphatic rings. The van der Waals surface area contributed by atoms with Crippen molar-refractivity contribution >= 4 is 48.8 Å². The van der Waals surface area contributed by atoms with Gasteiger partial charge in [0.2, 0.25) is 0 Å². The van der Waals surface area contributed by atoms with E-state index in [1.54, 1.807) is 6.55 Å². The minimum atomic E-state index is -0.826. The summed E-state index contributed by atoms with van der Waals surface area (Å²) in [5.41, 5.74) is 11.3. The van der Waals surface area contributed by atoms with E-state index in [-0.39, 0.29) is 10.8 Å². The normalized spacial score (nSPS) is 11.3. The Bertz CT molecular complexity index is 1740. The first-order chi connectivity index (χ1) is 23.1. The van der Waals surface area contributed by atoms with Crippen molar-refractivity contribution in [1.29, 1.82) is 0 Å². The number of hydrogen-bond donors (Lipinski definition) is 0. The van der Waals surface area contributed by atoms with E-state index < -0.39 is 20.8 Å². The minimum absolute atomic E-state index is 0.204. The molecule has 49 heavy (non-hydrogen) atoms. The quantitative estimate of drug-likeness (QED) is 0.123. The van der Waals surface area contributed by atoms with E-state index in [2.05, 4.69) is 189 Å². The second kappa shape index (κ2) is 18.3. The van der Waals surface area contributed by atoms with Crippen LogP contribution in [0.3, 0.4) is 0 Å². The van der Waals surface area contributed by atoms with Gasteiger partial charge in [-0.15, -0.1) is 69.1 Å². The molecule has 0 unspecified atom stereocenters. The maximum absolute atomic E-state index is 4.93. The third kappa shape index (κ3) is 10.9. The van der Waals surface area contributed by atoms with Crippen LogP contribution >= 0.6 is 17.0 Å². The molecule has 6 aromatic carbocycles. The molecule has 6 aromatic rings. The van der Waals surface area contributed by atoms with Gasteiger partial charge in [0.25, 0.3) is 0 Å². The predicted molar refractivity (Wildman–Crippen MR) is 219 cm³/mol. The Hall–Kier alpha value is -2.22. The Labute approximate surface area is 319 Å². The van der Waals surface area contributed by atoms with Crippen LogP contribution in [0.25, 0.3) is 43.8 Å². The first kappa shape index (κ1) is 41.2. The molecule has 0 aromatic heterocycles. The molecule has 0 saturated heterocycles. The van der Waals surface area contributed by atoms with E-state index in [9.17, 15) is 0 Å².